The van der Waals surface area contributed by atoms with Crippen LogP contribution in [0.2, 0.25) is 0 Å². The first kappa shape index (κ1) is 17.0. The van der Waals surface area contributed by atoms with Crippen LogP contribution in [0.4, 0.5) is 0 Å². The van der Waals surface area contributed by atoms with Crippen molar-refractivity contribution in [2.45, 2.75) is 39.2 Å². The largest absolute Gasteiger partial charge is 0.487 e. The summed E-state index contributed by atoms with van der Waals surface area (Å²) >= 11 is 0. The van der Waals surface area contributed by atoms with Gasteiger partial charge < -0.3 is 9.15 Å². The number of Topliss-reactive ketones (excluding diaryl/α,β-unsaturated/α-hetero) is 1. The maximum Gasteiger partial charge on any atom is 0.228 e. The molecule has 0 N–H and O–H groups in total. The predicted molar refractivity (Wildman–Crippen MR) is 110 cm³/mol. The first-order valence-electron chi connectivity index (χ1n) is 9.58. The summed E-state index contributed by atoms with van der Waals surface area (Å²) in [5.74, 6) is 1.36. The summed E-state index contributed by atoms with van der Waals surface area (Å²) in [6, 6.07) is 15.6. The molecule has 3 aromatic carbocycles. The Balaban J connectivity index is 1.84. The Morgan fingerprint density at radius 2 is 1.75 bits per heavy atom. The third kappa shape index (κ3) is 2.52. The van der Waals surface area contributed by atoms with E-state index in [9.17, 15) is 4.79 Å². The number of aryl methyl sites for hydroxylation is 1. The number of carbonyl (C=O) groups excluding carboxylic acids is 1. The van der Waals surface area contributed by atoms with Crippen LogP contribution >= 0.6 is 0 Å². The van der Waals surface area contributed by atoms with Crippen molar-refractivity contribution < 1.29 is 13.9 Å². The van der Waals surface area contributed by atoms with E-state index in [1.54, 1.807) is 6.92 Å². The van der Waals surface area contributed by atoms with Crippen LogP contribution in [-0.4, -0.2) is 16.4 Å². The van der Waals surface area contributed by atoms with Crippen LogP contribution in [-0.2, 0) is 6.42 Å². The molecule has 5 rings (SSSR count). The Morgan fingerprint density at radius 3 is 2.54 bits per heavy atom. The molecule has 0 fully saturated rings. The first-order chi connectivity index (χ1) is 13.4. The lowest BCUT2D eigenvalue weighted by molar-refractivity contribution is 0.0870. The van der Waals surface area contributed by atoms with E-state index in [-0.39, 0.29) is 11.4 Å². The molecule has 1 aromatic heterocycles. The van der Waals surface area contributed by atoms with Crippen LogP contribution in [0.15, 0.2) is 52.9 Å². The molecule has 0 aliphatic carbocycles. The summed E-state index contributed by atoms with van der Waals surface area (Å²) in [6.07, 6.45) is 1.78. The smallest absolute Gasteiger partial charge is 0.228 e. The van der Waals surface area contributed by atoms with Crippen molar-refractivity contribution in [2.75, 3.05) is 0 Å². The van der Waals surface area contributed by atoms with Gasteiger partial charge >= 0.3 is 0 Å². The lowest BCUT2D eigenvalue weighted by atomic mass is 9.91. The van der Waals surface area contributed by atoms with Crippen molar-refractivity contribution in [3.8, 4) is 17.2 Å². The van der Waals surface area contributed by atoms with Gasteiger partial charge in [-0.1, -0.05) is 42.5 Å². The lowest BCUT2D eigenvalue weighted by Gasteiger charge is -2.33. The molecule has 0 radical (unpaired) electrons. The SMILES string of the molecule is CC(=O)c1ccccc1-c1nc2c(o1)c1c(c3ccccc32)OC(C)(C)CC1. The zero-order valence-electron chi connectivity index (χ0n) is 16.2. The van der Waals surface area contributed by atoms with E-state index in [4.69, 9.17) is 14.1 Å². The number of hydrogen-bond acceptors (Lipinski definition) is 4. The van der Waals surface area contributed by atoms with Gasteiger partial charge in [0, 0.05) is 27.5 Å². The standard InChI is InChI=1S/C24H21NO3/c1-14(26)15-8-4-7-11-18(15)23-25-20-16-9-5-6-10-17(16)21-19(22(20)27-23)12-13-24(2,3)28-21/h4-11H,12-13H2,1-3H3. The van der Waals surface area contributed by atoms with Crippen LogP contribution in [0.5, 0.6) is 5.75 Å². The van der Waals surface area contributed by atoms with E-state index < -0.39 is 0 Å². The van der Waals surface area contributed by atoms with Crippen molar-refractivity contribution in [1.82, 2.24) is 4.98 Å². The molecule has 4 nitrogen and oxygen atoms in total. The second-order valence-electron chi connectivity index (χ2n) is 8.01. The van der Waals surface area contributed by atoms with E-state index in [2.05, 4.69) is 19.9 Å². The monoisotopic (exact) mass is 371 g/mol. The Hall–Kier alpha value is -3.14. The van der Waals surface area contributed by atoms with Gasteiger partial charge in [-0.25, -0.2) is 4.98 Å². The number of fused-ring (bicyclic) bond motifs is 6. The summed E-state index contributed by atoms with van der Waals surface area (Å²) in [6.45, 7) is 5.79. The highest BCUT2D eigenvalue weighted by molar-refractivity contribution is 6.09. The van der Waals surface area contributed by atoms with Gasteiger partial charge in [-0.15, -0.1) is 0 Å². The molecule has 1 aliphatic rings. The van der Waals surface area contributed by atoms with E-state index in [1.165, 1.54) is 0 Å². The normalized spacial score (nSPS) is 15.4. The lowest BCUT2D eigenvalue weighted by Crippen LogP contribution is -2.32. The zero-order chi connectivity index (χ0) is 19.5. The summed E-state index contributed by atoms with van der Waals surface area (Å²) in [5, 5.41) is 2.06. The molecule has 1 aliphatic heterocycles. The van der Waals surface area contributed by atoms with E-state index in [0.717, 1.165) is 51.6 Å². The predicted octanol–water partition coefficient (Wildman–Crippen LogP) is 5.95. The average Bonchev–Trinajstić information content (AvgIpc) is 3.13. The number of benzene rings is 3. The van der Waals surface area contributed by atoms with Gasteiger partial charge in [-0.3, -0.25) is 4.79 Å². The van der Waals surface area contributed by atoms with Crippen molar-refractivity contribution >= 4 is 27.7 Å². The Kier molecular flexibility index (Phi) is 3.60. The number of ether oxygens (including phenoxy) is 1. The van der Waals surface area contributed by atoms with Crippen molar-refractivity contribution in [3.05, 3.63) is 59.7 Å². The maximum atomic E-state index is 12.1. The molecule has 140 valence electrons. The fourth-order valence-electron chi connectivity index (χ4n) is 4.05. The van der Waals surface area contributed by atoms with E-state index >= 15 is 0 Å². The second-order valence-corrected chi connectivity index (χ2v) is 8.01. The molecule has 4 heteroatoms. The van der Waals surface area contributed by atoms with Crippen LogP contribution in [0.3, 0.4) is 0 Å². The molecule has 0 unspecified atom stereocenters. The number of oxazole rings is 1. The van der Waals surface area contributed by atoms with E-state index in [0.29, 0.717) is 11.5 Å². The van der Waals surface area contributed by atoms with Crippen LogP contribution in [0, 0.1) is 0 Å². The molecule has 28 heavy (non-hydrogen) atoms. The highest BCUT2D eigenvalue weighted by Gasteiger charge is 2.31. The molecule has 0 saturated heterocycles. The van der Waals surface area contributed by atoms with Crippen LogP contribution in [0.25, 0.3) is 33.3 Å². The highest BCUT2D eigenvalue weighted by atomic mass is 16.5. The van der Waals surface area contributed by atoms with Gasteiger partial charge in [0.15, 0.2) is 11.4 Å². The Morgan fingerprint density at radius 1 is 1.04 bits per heavy atom. The number of hydrogen-bond donors (Lipinski definition) is 0. The number of ketones is 1. The van der Waals surface area contributed by atoms with Gasteiger partial charge in [0.25, 0.3) is 0 Å². The van der Waals surface area contributed by atoms with E-state index in [1.807, 2.05) is 42.5 Å². The zero-order valence-corrected chi connectivity index (χ0v) is 16.2. The molecule has 4 aromatic rings. The van der Waals surface area contributed by atoms with Crippen LogP contribution < -0.4 is 4.74 Å². The molecular formula is C24H21NO3. The van der Waals surface area contributed by atoms with Gasteiger partial charge in [-0.05, 0) is 39.7 Å². The fraction of sp³-hybridized carbons (Fsp3) is 0.250. The number of carbonyl (C=O) groups is 1. The molecular weight excluding hydrogens is 350 g/mol. The minimum atomic E-state index is -0.215. The van der Waals surface area contributed by atoms with Gasteiger partial charge in [0.05, 0.1) is 0 Å². The molecule has 0 spiro atoms. The highest BCUT2D eigenvalue weighted by Crippen LogP contribution is 2.45. The van der Waals surface area contributed by atoms with Gasteiger partial charge in [-0.2, -0.15) is 0 Å². The molecule has 0 saturated carbocycles. The topological polar surface area (TPSA) is 52.3 Å². The third-order valence-corrected chi connectivity index (χ3v) is 5.49. The fourth-order valence-corrected chi connectivity index (χ4v) is 4.05. The second kappa shape index (κ2) is 5.93. The molecule has 2 heterocycles. The quantitative estimate of drug-likeness (QED) is 0.408. The Bertz CT molecular complexity index is 1250. The number of nitrogens with zero attached hydrogens (tertiary/aromatic N) is 1. The number of aromatic nitrogens is 1. The number of rotatable bonds is 2. The Labute approximate surface area is 163 Å². The summed E-state index contributed by atoms with van der Waals surface area (Å²) in [4.78, 5) is 16.9. The minimum Gasteiger partial charge on any atom is -0.487 e. The third-order valence-electron chi connectivity index (χ3n) is 5.49. The summed E-state index contributed by atoms with van der Waals surface area (Å²) < 4.78 is 12.7. The van der Waals surface area contributed by atoms with Crippen LogP contribution in [0.1, 0.15) is 43.1 Å². The van der Waals surface area contributed by atoms with Gasteiger partial charge in [0.1, 0.15) is 16.9 Å². The average molecular weight is 371 g/mol. The maximum absolute atomic E-state index is 12.1. The molecule has 0 bridgehead atoms. The molecule has 0 atom stereocenters. The summed E-state index contributed by atoms with van der Waals surface area (Å²) in [5.41, 5.74) is 3.77. The first-order valence-corrected chi connectivity index (χ1v) is 9.58. The minimum absolute atomic E-state index is 0.00479. The van der Waals surface area contributed by atoms with Crippen molar-refractivity contribution in [1.29, 1.82) is 0 Å². The van der Waals surface area contributed by atoms with Gasteiger partial charge in [0.2, 0.25) is 5.89 Å². The van der Waals surface area contributed by atoms with Crippen molar-refractivity contribution in [3.63, 3.8) is 0 Å². The molecule has 0 amide bonds. The van der Waals surface area contributed by atoms with Crippen molar-refractivity contribution in [2.24, 2.45) is 0 Å². The summed E-state index contributed by atoms with van der Waals surface area (Å²) in [7, 11) is 0.